The number of likely N-dealkylation sites (N-methyl/N-ethyl adjacent to an activating group) is 1. The molecule has 0 unspecified atom stereocenters. The summed E-state index contributed by atoms with van der Waals surface area (Å²) in [6, 6.07) is 11.5. The molecule has 0 saturated carbocycles. The van der Waals surface area contributed by atoms with Gasteiger partial charge in [-0.3, -0.25) is 4.79 Å². The van der Waals surface area contributed by atoms with Crippen LogP contribution in [0.15, 0.2) is 53.4 Å². The van der Waals surface area contributed by atoms with Crippen LogP contribution in [0.2, 0.25) is 0 Å². The molecule has 0 N–H and O–H groups in total. The average Bonchev–Trinajstić information content (AvgIpc) is 2.67. The molecule has 1 atom stereocenters. The number of carbonyl (C=O) groups excluding carboxylic acids is 2. The molecule has 0 spiro atoms. The summed E-state index contributed by atoms with van der Waals surface area (Å²) in [5.74, 6) is -2.59. The lowest BCUT2D eigenvalue weighted by molar-refractivity contribution is -0.126. The van der Waals surface area contributed by atoms with E-state index in [0.29, 0.717) is 5.69 Å². The first kappa shape index (κ1) is 21.5. The monoisotopic (exact) mass is 408 g/mol. The molecule has 1 amide bonds. The van der Waals surface area contributed by atoms with Gasteiger partial charge in [0.2, 0.25) is 10.0 Å². The zero-order chi connectivity index (χ0) is 21.1. The van der Waals surface area contributed by atoms with Gasteiger partial charge in [-0.25, -0.2) is 21.9 Å². The van der Waals surface area contributed by atoms with Crippen LogP contribution in [0.25, 0.3) is 0 Å². The molecule has 0 aliphatic rings. The summed E-state index contributed by atoms with van der Waals surface area (Å²) < 4.78 is 44.5. The molecule has 0 aliphatic carbocycles. The minimum Gasteiger partial charge on any atom is -0.449 e. The molecule has 2 rings (SSSR count). The number of amides is 1. The van der Waals surface area contributed by atoms with Gasteiger partial charge in [0.15, 0.2) is 6.10 Å². The molecule has 0 aliphatic heterocycles. The van der Waals surface area contributed by atoms with E-state index in [4.69, 9.17) is 4.74 Å². The molecule has 2 aromatic carbocycles. The highest BCUT2D eigenvalue weighted by Crippen LogP contribution is 2.20. The van der Waals surface area contributed by atoms with Gasteiger partial charge in [-0.15, -0.1) is 0 Å². The third kappa shape index (κ3) is 4.55. The van der Waals surface area contributed by atoms with E-state index in [1.807, 2.05) is 0 Å². The normalized spacial score (nSPS) is 12.5. The van der Waals surface area contributed by atoms with E-state index in [0.717, 1.165) is 22.5 Å². The van der Waals surface area contributed by atoms with Crippen LogP contribution >= 0.6 is 0 Å². The second-order valence-corrected chi connectivity index (χ2v) is 8.36. The first-order valence-corrected chi connectivity index (χ1v) is 9.75. The number of ether oxygens (including phenoxy) is 1. The summed E-state index contributed by atoms with van der Waals surface area (Å²) >= 11 is 0. The van der Waals surface area contributed by atoms with Crippen LogP contribution in [0.5, 0.6) is 0 Å². The maximum atomic E-state index is 14.1. The van der Waals surface area contributed by atoms with Crippen molar-refractivity contribution in [3.05, 3.63) is 59.9 Å². The van der Waals surface area contributed by atoms with Gasteiger partial charge in [0, 0.05) is 26.8 Å². The molecule has 2 aromatic rings. The third-order valence-electron chi connectivity index (χ3n) is 4.04. The Morgan fingerprint density at radius 2 is 1.64 bits per heavy atom. The molecule has 28 heavy (non-hydrogen) atoms. The van der Waals surface area contributed by atoms with Crippen molar-refractivity contribution in [3.63, 3.8) is 0 Å². The van der Waals surface area contributed by atoms with Crippen LogP contribution in [0.4, 0.5) is 10.1 Å². The van der Waals surface area contributed by atoms with Crippen LogP contribution in [-0.4, -0.2) is 51.8 Å². The molecule has 0 fully saturated rings. The zero-order valence-electron chi connectivity index (χ0n) is 15.9. The summed E-state index contributed by atoms with van der Waals surface area (Å²) in [5, 5.41) is 0. The van der Waals surface area contributed by atoms with Crippen LogP contribution in [0.1, 0.15) is 17.3 Å². The van der Waals surface area contributed by atoms with Crippen molar-refractivity contribution in [2.45, 2.75) is 17.9 Å². The fourth-order valence-corrected chi connectivity index (χ4v) is 3.29. The highest BCUT2D eigenvalue weighted by molar-refractivity contribution is 7.89. The zero-order valence-corrected chi connectivity index (χ0v) is 16.7. The lowest BCUT2D eigenvalue weighted by Gasteiger charge is -2.21. The van der Waals surface area contributed by atoms with E-state index in [1.54, 1.807) is 30.3 Å². The smallest absolute Gasteiger partial charge is 0.341 e. The van der Waals surface area contributed by atoms with E-state index in [2.05, 4.69) is 0 Å². The number of sulfonamides is 1. The molecular formula is C19H21FN2O5S. The Balaban J connectivity index is 2.21. The second kappa shape index (κ2) is 8.49. The number of esters is 1. The number of para-hydroxylation sites is 1. The number of anilines is 1. The van der Waals surface area contributed by atoms with Crippen molar-refractivity contribution in [3.8, 4) is 0 Å². The Bertz CT molecular complexity index is 977. The van der Waals surface area contributed by atoms with E-state index < -0.39 is 39.4 Å². The fraction of sp³-hybridized carbons (Fsp3) is 0.263. The predicted octanol–water partition coefficient (Wildman–Crippen LogP) is 2.28. The number of rotatable bonds is 6. The van der Waals surface area contributed by atoms with Gasteiger partial charge in [-0.2, -0.15) is 0 Å². The van der Waals surface area contributed by atoms with Crippen molar-refractivity contribution in [1.29, 1.82) is 0 Å². The molecule has 150 valence electrons. The quantitative estimate of drug-likeness (QED) is 0.685. The van der Waals surface area contributed by atoms with Crippen molar-refractivity contribution < 1.29 is 27.1 Å². The Morgan fingerprint density at radius 3 is 2.21 bits per heavy atom. The first-order chi connectivity index (χ1) is 13.1. The molecule has 0 saturated heterocycles. The van der Waals surface area contributed by atoms with Crippen LogP contribution in [0, 0.1) is 5.82 Å². The molecule has 7 nitrogen and oxygen atoms in total. The summed E-state index contributed by atoms with van der Waals surface area (Å²) in [5.41, 5.74) is 0.0330. The van der Waals surface area contributed by atoms with Gasteiger partial charge in [-0.05, 0) is 37.3 Å². The van der Waals surface area contributed by atoms with Crippen LogP contribution in [-0.2, 0) is 19.6 Å². The lowest BCUT2D eigenvalue weighted by Crippen LogP contribution is -2.37. The SMILES string of the molecule is C[C@H](OC(=O)c1cc(S(=O)(=O)N(C)C)ccc1F)C(=O)N(C)c1ccccc1. The Hall–Kier alpha value is -2.78. The second-order valence-electron chi connectivity index (χ2n) is 6.21. The summed E-state index contributed by atoms with van der Waals surface area (Å²) in [6.07, 6.45) is -1.20. The minimum absolute atomic E-state index is 0.258. The Morgan fingerprint density at radius 1 is 1.04 bits per heavy atom. The average molecular weight is 408 g/mol. The van der Waals surface area contributed by atoms with Gasteiger partial charge < -0.3 is 9.64 Å². The minimum atomic E-state index is -3.86. The standard InChI is InChI=1S/C19H21FN2O5S/c1-13(18(23)22(4)14-8-6-5-7-9-14)27-19(24)16-12-15(10-11-17(16)20)28(25,26)21(2)3/h5-13H,1-4H3/t13-/m0/s1. The van der Waals surface area contributed by atoms with E-state index in [-0.39, 0.29) is 4.90 Å². The highest BCUT2D eigenvalue weighted by atomic mass is 32.2. The fourth-order valence-electron chi connectivity index (χ4n) is 2.36. The summed E-state index contributed by atoms with van der Waals surface area (Å²) in [7, 11) is 0.293. The number of hydrogen-bond acceptors (Lipinski definition) is 5. The molecule has 0 heterocycles. The predicted molar refractivity (Wildman–Crippen MR) is 102 cm³/mol. The lowest BCUT2D eigenvalue weighted by atomic mass is 10.2. The Labute approximate surface area is 163 Å². The molecule has 0 bridgehead atoms. The first-order valence-electron chi connectivity index (χ1n) is 8.31. The number of nitrogens with zero attached hydrogens (tertiary/aromatic N) is 2. The maximum Gasteiger partial charge on any atom is 0.341 e. The van der Waals surface area contributed by atoms with Gasteiger partial charge >= 0.3 is 5.97 Å². The van der Waals surface area contributed by atoms with Gasteiger partial charge in [0.25, 0.3) is 5.91 Å². The van der Waals surface area contributed by atoms with E-state index in [9.17, 15) is 22.4 Å². The van der Waals surface area contributed by atoms with Crippen molar-refractivity contribution in [1.82, 2.24) is 4.31 Å². The summed E-state index contributed by atoms with van der Waals surface area (Å²) in [6.45, 7) is 1.36. The number of hydrogen-bond donors (Lipinski definition) is 0. The number of benzene rings is 2. The van der Waals surface area contributed by atoms with Gasteiger partial charge in [0.1, 0.15) is 5.82 Å². The molecule has 9 heteroatoms. The molecule has 0 radical (unpaired) electrons. The van der Waals surface area contributed by atoms with Gasteiger partial charge in [0.05, 0.1) is 10.5 Å². The maximum absolute atomic E-state index is 14.1. The van der Waals surface area contributed by atoms with E-state index in [1.165, 1.54) is 33.0 Å². The molecular weight excluding hydrogens is 387 g/mol. The van der Waals surface area contributed by atoms with E-state index >= 15 is 0 Å². The topological polar surface area (TPSA) is 84.0 Å². The van der Waals surface area contributed by atoms with Crippen LogP contribution in [0.3, 0.4) is 0 Å². The largest absolute Gasteiger partial charge is 0.449 e. The van der Waals surface area contributed by atoms with Gasteiger partial charge in [-0.1, -0.05) is 18.2 Å². The van der Waals surface area contributed by atoms with Crippen molar-refractivity contribution >= 4 is 27.6 Å². The highest BCUT2D eigenvalue weighted by Gasteiger charge is 2.26. The molecule has 0 aromatic heterocycles. The van der Waals surface area contributed by atoms with Crippen molar-refractivity contribution in [2.24, 2.45) is 0 Å². The Kier molecular flexibility index (Phi) is 6.52. The van der Waals surface area contributed by atoms with Crippen LogP contribution < -0.4 is 4.90 Å². The number of halogens is 1. The van der Waals surface area contributed by atoms with Crippen molar-refractivity contribution in [2.75, 3.05) is 26.0 Å². The third-order valence-corrected chi connectivity index (χ3v) is 5.85. The number of carbonyl (C=O) groups is 2. The summed E-state index contributed by atoms with van der Waals surface area (Å²) in [4.78, 5) is 25.9.